The number of anilines is 1. The Morgan fingerprint density at radius 2 is 2.18 bits per heavy atom. The van der Waals surface area contributed by atoms with Crippen LogP contribution in [-0.2, 0) is 14.3 Å². The van der Waals surface area contributed by atoms with Gasteiger partial charge in [-0.2, -0.15) is 0 Å². The first-order valence-corrected chi connectivity index (χ1v) is 10.8. The van der Waals surface area contributed by atoms with E-state index >= 15 is 0 Å². The molecule has 1 aromatic carbocycles. The van der Waals surface area contributed by atoms with Crippen LogP contribution >= 0.6 is 11.3 Å². The van der Waals surface area contributed by atoms with Gasteiger partial charge in [-0.15, -0.1) is 11.3 Å². The quantitative estimate of drug-likeness (QED) is 0.704. The van der Waals surface area contributed by atoms with Crippen LogP contribution in [0, 0.1) is 0 Å². The van der Waals surface area contributed by atoms with Crippen molar-refractivity contribution in [2.45, 2.75) is 57.6 Å². The lowest BCUT2D eigenvalue weighted by Crippen LogP contribution is -2.50. The minimum Gasteiger partial charge on any atom is -0.482 e. The summed E-state index contributed by atoms with van der Waals surface area (Å²) in [5, 5.41) is 1.95. The molecule has 0 saturated heterocycles. The van der Waals surface area contributed by atoms with Gasteiger partial charge in [0.2, 0.25) is 0 Å². The summed E-state index contributed by atoms with van der Waals surface area (Å²) in [7, 11) is 0. The minimum absolute atomic E-state index is 0.0350. The van der Waals surface area contributed by atoms with Crippen molar-refractivity contribution in [1.29, 1.82) is 0 Å². The Morgan fingerprint density at radius 1 is 1.36 bits per heavy atom. The van der Waals surface area contributed by atoms with Gasteiger partial charge in [-0.3, -0.25) is 9.69 Å². The molecule has 0 bridgehead atoms. The number of amides is 1. The van der Waals surface area contributed by atoms with E-state index < -0.39 is 6.04 Å². The third-order valence-electron chi connectivity index (χ3n) is 5.37. The van der Waals surface area contributed by atoms with E-state index in [1.807, 2.05) is 30.5 Å². The van der Waals surface area contributed by atoms with Crippen molar-refractivity contribution < 1.29 is 19.1 Å². The first kappa shape index (κ1) is 18.9. The summed E-state index contributed by atoms with van der Waals surface area (Å²) >= 11 is 1.51. The van der Waals surface area contributed by atoms with Gasteiger partial charge in [-0.1, -0.05) is 13.3 Å². The highest BCUT2D eigenvalue weighted by molar-refractivity contribution is 7.07. The average Bonchev–Trinajstić information content (AvgIpc) is 3.25. The second kappa shape index (κ2) is 8.31. The molecule has 4 rings (SSSR count). The molecule has 1 saturated carbocycles. The second-order valence-corrected chi connectivity index (χ2v) is 7.95. The number of fused-ring (bicyclic) bond motifs is 1. The molecule has 2 aromatic rings. The molecule has 1 atom stereocenters. The lowest BCUT2D eigenvalue weighted by molar-refractivity contribution is -0.153. The Bertz CT molecular complexity index is 846. The van der Waals surface area contributed by atoms with Crippen molar-refractivity contribution in [2.24, 2.45) is 0 Å². The van der Waals surface area contributed by atoms with Crippen LogP contribution in [0.25, 0.3) is 11.3 Å². The van der Waals surface area contributed by atoms with Gasteiger partial charge >= 0.3 is 5.97 Å². The zero-order valence-electron chi connectivity index (χ0n) is 15.9. The van der Waals surface area contributed by atoms with Crippen LogP contribution in [0.5, 0.6) is 5.75 Å². The number of carbonyl (C=O) groups is 2. The van der Waals surface area contributed by atoms with Crippen molar-refractivity contribution in [2.75, 3.05) is 11.5 Å². The monoisotopic (exact) mass is 400 g/mol. The standard InChI is InChI=1S/C21H24N2O4S/c1-2-17(21(25)27-15-6-4-3-5-7-15)23-18-10-14(16-12-28-13-22-16)8-9-19(18)26-11-20(23)24/h8-10,12-13,15,17H,2-7,11H2,1H3. The number of rotatable bonds is 5. The number of nitrogens with zero attached hydrogens (tertiary/aromatic N) is 2. The maximum atomic E-state index is 12.9. The molecule has 6 nitrogen and oxygen atoms in total. The number of hydrogen-bond acceptors (Lipinski definition) is 6. The fourth-order valence-corrected chi connectivity index (χ4v) is 4.47. The normalized spacial score (nSPS) is 18.3. The third-order valence-corrected chi connectivity index (χ3v) is 5.96. The van der Waals surface area contributed by atoms with Crippen LogP contribution in [0.15, 0.2) is 29.1 Å². The van der Waals surface area contributed by atoms with Crippen LogP contribution in [0.4, 0.5) is 5.69 Å². The number of aromatic nitrogens is 1. The zero-order valence-corrected chi connectivity index (χ0v) is 16.7. The first-order chi connectivity index (χ1) is 13.7. The molecule has 0 N–H and O–H groups in total. The molecule has 148 valence electrons. The van der Waals surface area contributed by atoms with E-state index in [2.05, 4.69) is 4.98 Å². The minimum atomic E-state index is -0.650. The summed E-state index contributed by atoms with van der Waals surface area (Å²) < 4.78 is 11.4. The molecule has 1 fully saturated rings. The van der Waals surface area contributed by atoms with Crippen LogP contribution in [0.1, 0.15) is 45.4 Å². The van der Waals surface area contributed by atoms with Crippen molar-refractivity contribution in [1.82, 2.24) is 4.98 Å². The van der Waals surface area contributed by atoms with Gasteiger partial charge < -0.3 is 9.47 Å². The molecule has 28 heavy (non-hydrogen) atoms. The molecule has 1 aliphatic carbocycles. The van der Waals surface area contributed by atoms with Crippen molar-refractivity contribution in [3.05, 3.63) is 29.1 Å². The highest BCUT2D eigenvalue weighted by atomic mass is 32.1. The molecular formula is C21H24N2O4S. The number of esters is 1. The molecule has 1 amide bonds. The molecule has 2 aliphatic rings. The summed E-state index contributed by atoms with van der Waals surface area (Å²) in [6, 6.07) is 4.98. The van der Waals surface area contributed by atoms with E-state index in [0.717, 1.165) is 36.9 Å². The number of benzene rings is 1. The van der Waals surface area contributed by atoms with Gasteiger partial charge in [0.15, 0.2) is 6.61 Å². The van der Waals surface area contributed by atoms with Crippen molar-refractivity contribution in [3.8, 4) is 17.0 Å². The van der Waals surface area contributed by atoms with Gasteiger partial charge in [-0.05, 0) is 50.3 Å². The Kier molecular flexibility index (Phi) is 5.62. The van der Waals surface area contributed by atoms with Gasteiger partial charge in [0, 0.05) is 10.9 Å². The van der Waals surface area contributed by atoms with E-state index in [1.165, 1.54) is 17.8 Å². The molecule has 1 unspecified atom stereocenters. The van der Waals surface area contributed by atoms with E-state index in [9.17, 15) is 9.59 Å². The van der Waals surface area contributed by atoms with Crippen LogP contribution in [0.2, 0.25) is 0 Å². The Hall–Kier alpha value is -2.41. The number of thiazole rings is 1. The number of carbonyl (C=O) groups excluding carboxylic acids is 2. The third kappa shape index (κ3) is 3.76. The fourth-order valence-electron chi connectivity index (χ4n) is 3.91. The van der Waals surface area contributed by atoms with Crippen LogP contribution in [-0.4, -0.2) is 35.6 Å². The molecule has 1 aromatic heterocycles. The highest BCUT2D eigenvalue weighted by Crippen LogP contribution is 2.38. The van der Waals surface area contributed by atoms with Crippen molar-refractivity contribution >= 4 is 28.9 Å². The van der Waals surface area contributed by atoms with Gasteiger partial charge in [-0.25, -0.2) is 9.78 Å². The molecule has 2 heterocycles. The molecular weight excluding hydrogens is 376 g/mol. The first-order valence-electron chi connectivity index (χ1n) is 9.85. The van der Waals surface area contributed by atoms with Gasteiger partial charge in [0.1, 0.15) is 17.9 Å². The Labute approximate surface area is 168 Å². The Balaban J connectivity index is 1.63. The van der Waals surface area contributed by atoms with E-state index in [-0.39, 0.29) is 24.6 Å². The lowest BCUT2D eigenvalue weighted by atomic mass is 9.97. The van der Waals surface area contributed by atoms with E-state index in [4.69, 9.17) is 9.47 Å². The molecule has 7 heteroatoms. The predicted octanol–water partition coefficient (Wildman–Crippen LogP) is 4.19. The predicted molar refractivity (Wildman–Crippen MR) is 108 cm³/mol. The summed E-state index contributed by atoms with van der Waals surface area (Å²) in [6.45, 7) is 1.83. The van der Waals surface area contributed by atoms with Gasteiger partial charge in [0.25, 0.3) is 5.91 Å². The average molecular weight is 400 g/mol. The van der Waals surface area contributed by atoms with E-state index in [1.54, 1.807) is 10.4 Å². The second-order valence-electron chi connectivity index (χ2n) is 7.23. The fraction of sp³-hybridized carbons (Fsp3) is 0.476. The van der Waals surface area contributed by atoms with E-state index in [0.29, 0.717) is 17.9 Å². The summed E-state index contributed by atoms with van der Waals surface area (Å²) in [5.74, 6) is 0.0486. The highest BCUT2D eigenvalue weighted by Gasteiger charge is 2.37. The number of ether oxygens (including phenoxy) is 2. The molecule has 0 radical (unpaired) electrons. The Morgan fingerprint density at radius 3 is 2.89 bits per heavy atom. The lowest BCUT2D eigenvalue weighted by Gasteiger charge is -2.35. The smallest absolute Gasteiger partial charge is 0.329 e. The summed E-state index contributed by atoms with van der Waals surface area (Å²) in [6.07, 6.45) is 5.63. The maximum Gasteiger partial charge on any atom is 0.329 e. The van der Waals surface area contributed by atoms with Gasteiger partial charge in [0.05, 0.1) is 16.9 Å². The SMILES string of the molecule is CCC(C(=O)OC1CCCCC1)N1C(=O)COc2ccc(-c3cscn3)cc21. The summed E-state index contributed by atoms with van der Waals surface area (Å²) in [5.41, 5.74) is 4.10. The molecule has 1 aliphatic heterocycles. The topological polar surface area (TPSA) is 68.7 Å². The van der Waals surface area contributed by atoms with Crippen LogP contribution in [0.3, 0.4) is 0 Å². The largest absolute Gasteiger partial charge is 0.482 e. The van der Waals surface area contributed by atoms with Crippen molar-refractivity contribution in [3.63, 3.8) is 0 Å². The molecule has 0 spiro atoms. The van der Waals surface area contributed by atoms with Crippen LogP contribution < -0.4 is 9.64 Å². The number of hydrogen-bond donors (Lipinski definition) is 0. The maximum absolute atomic E-state index is 12.9. The zero-order chi connectivity index (χ0) is 19.5. The summed E-state index contributed by atoms with van der Waals surface area (Å²) in [4.78, 5) is 31.6.